The molecule has 5 rings (SSSR count). The van der Waals surface area contributed by atoms with E-state index in [0.717, 1.165) is 23.1 Å². The Balaban J connectivity index is 1.55. The van der Waals surface area contributed by atoms with Gasteiger partial charge in [0, 0.05) is 23.6 Å². The Kier molecular flexibility index (Phi) is 5.76. The van der Waals surface area contributed by atoms with E-state index in [-0.39, 0.29) is 22.3 Å². The fraction of sp³-hybridized carbons (Fsp3) is 0.296. The molecule has 0 saturated carbocycles. The van der Waals surface area contributed by atoms with Crippen molar-refractivity contribution in [2.45, 2.75) is 55.7 Å². The lowest BCUT2D eigenvalue weighted by Crippen LogP contribution is -2.65. The highest BCUT2D eigenvalue weighted by molar-refractivity contribution is 7.87. The summed E-state index contributed by atoms with van der Waals surface area (Å²) in [5, 5.41) is 7.46. The lowest BCUT2D eigenvalue weighted by molar-refractivity contribution is 0.0871. The Labute approximate surface area is 211 Å². The Morgan fingerprint density at radius 1 is 1.00 bits per heavy atom. The minimum absolute atomic E-state index is 0.104. The molecule has 1 saturated heterocycles. The second-order valence-corrected chi connectivity index (χ2v) is 11.9. The first-order chi connectivity index (χ1) is 16.6. The fourth-order valence-corrected chi connectivity index (χ4v) is 6.48. The molecule has 1 spiro atoms. The molecule has 0 amide bonds. The van der Waals surface area contributed by atoms with Crippen molar-refractivity contribution >= 4 is 27.4 Å². The van der Waals surface area contributed by atoms with Gasteiger partial charge in [0.15, 0.2) is 5.11 Å². The molecule has 0 aliphatic carbocycles. The number of nitrogens with one attached hydrogen (secondary N) is 2. The maximum absolute atomic E-state index is 12.9. The molecule has 35 heavy (non-hydrogen) atoms. The van der Waals surface area contributed by atoms with E-state index in [1.165, 1.54) is 0 Å². The summed E-state index contributed by atoms with van der Waals surface area (Å²) in [5.74, 6) is 0.777. The summed E-state index contributed by atoms with van der Waals surface area (Å²) in [6.07, 6.45) is 1.20. The predicted molar refractivity (Wildman–Crippen MR) is 139 cm³/mol. The first-order valence-electron chi connectivity index (χ1n) is 11.5. The van der Waals surface area contributed by atoms with E-state index in [0.29, 0.717) is 17.3 Å². The monoisotopic (exact) mass is 508 g/mol. The predicted octanol–water partition coefficient (Wildman–Crippen LogP) is 5.13. The largest absolute Gasteiger partial charge is 0.485 e. The van der Waals surface area contributed by atoms with Crippen molar-refractivity contribution < 1.29 is 17.3 Å². The van der Waals surface area contributed by atoms with Gasteiger partial charge in [0.1, 0.15) is 22.5 Å². The summed E-state index contributed by atoms with van der Waals surface area (Å²) in [7, 11) is -3.98. The molecule has 0 unspecified atom stereocenters. The van der Waals surface area contributed by atoms with Crippen LogP contribution in [0.2, 0.25) is 0 Å². The standard InChI is InChI=1S/C27H28N2O4S2/c1-18-9-12-21(13-10-18)35(30,31)33-20-11-14-22-23(15-20)32-24(19-7-5-4-6-8-19)16-27(22)17-26(2,3)28-25(34)29-27/h4-15,24H,16-17H2,1-3H3,(H2,28,29,34)/t24-,27+/m1/s1. The molecule has 2 heterocycles. The second-order valence-electron chi connectivity index (χ2n) is 9.95. The summed E-state index contributed by atoms with van der Waals surface area (Å²) in [6, 6.07) is 21.8. The average molecular weight is 509 g/mol. The molecule has 0 bridgehead atoms. The molecule has 1 fully saturated rings. The van der Waals surface area contributed by atoms with Gasteiger partial charge >= 0.3 is 10.1 Å². The van der Waals surface area contributed by atoms with Gasteiger partial charge in [-0.2, -0.15) is 8.42 Å². The van der Waals surface area contributed by atoms with Crippen LogP contribution in [0.25, 0.3) is 0 Å². The zero-order valence-corrected chi connectivity index (χ0v) is 21.5. The maximum Gasteiger partial charge on any atom is 0.339 e. The van der Waals surface area contributed by atoms with Crippen molar-refractivity contribution in [1.82, 2.24) is 10.6 Å². The minimum Gasteiger partial charge on any atom is -0.485 e. The van der Waals surface area contributed by atoms with Crippen LogP contribution in [0.3, 0.4) is 0 Å². The third-order valence-corrected chi connectivity index (χ3v) is 7.97. The number of hydrogen-bond donors (Lipinski definition) is 2. The van der Waals surface area contributed by atoms with Crippen LogP contribution in [0.1, 0.15) is 49.5 Å². The zero-order valence-electron chi connectivity index (χ0n) is 19.9. The van der Waals surface area contributed by atoms with Gasteiger partial charge in [-0.05, 0) is 69.2 Å². The van der Waals surface area contributed by atoms with E-state index in [9.17, 15) is 8.42 Å². The molecule has 3 aromatic carbocycles. The van der Waals surface area contributed by atoms with E-state index in [2.05, 4.69) is 24.5 Å². The lowest BCUT2D eigenvalue weighted by atomic mass is 9.72. The van der Waals surface area contributed by atoms with Gasteiger partial charge in [-0.15, -0.1) is 0 Å². The second kappa shape index (κ2) is 8.53. The molecule has 182 valence electrons. The Hall–Kier alpha value is -3.10. The van der Waals surface area contributed by atoms with Crippen LogP contribution in [-0.2, 0) is 15.7 Å². The maximum atomic E-state index is 12.9. The van der Waals surface area contributed by atoms with E-state index in [1.807, 2.05) is 43.3 Å². The van der Waals surface area contributed by atoms with Crippen molar-refractivity contribution in [2.24, 2.45) is 0 Å². The smallest absolute Gasteiger partial charge is 0.339 e. The molecule has 6 nitrogen and oxygen atoms in total. The Morgan fingerprint density at radius 3 is 2.40 bits per heavy atom. The number of thiocarbonyl (C=S) groups is 1. The number of fused-ring (bicyclic) bond motifs is 2. The Morgan fingerprint density at radius 2 is 1.71 bits per heavy atom. The van der Waals surface area contributed by atoms with Crippen LogP contribution in [0.5, 0.6) is 11.5 Å². The summed E-state index contributed by atoms with van der Waals surface area (Å²) >= 11 is 5.59. The van der Waals surface area contributed by atoms with Crippen molar-refractivity contribution in [3.8, 4) is 11.5 Å². The number of aryl methyl sites for hydroxylation is 1. The van der Waals surface area contributed by atoms with Crippen LogP contribution in [0.15, 0.2) is 77.7 Å². The molecule has 2 N–H and O–H groups in total. The van der Waals surface area contributed by atoms with Gasteiger partial charge in [0.2, 0.25) is 0 Å². The quantitative estimate of drug-likeness (QED) is 0.374. The number of ether oxygens (including phenoxy) is 1. The van der Waals surface area contributed by atoms with Crippen molar-refractivity contribution in [3.63, 3.8) is 0 Å². The number of hydrogen-bond acceptors (Lipinski definition) is 5. The molecular weight excluding hydrogens is 480 g/mol. The first-order valence-corrected chi connectivity index (χ1v) is 13.3. The zero-order chi connectivity index (χ0) is 24.8. The topological polar surface area (TPSA) is 76.7 Å². The third-order valence-electron chi connectivity index (χ3n) is 6.51. The summed E-state index contributed by atoms with van der Waals surface area (Å²) in [5.41, 5.74) is 2.23. The SMILES string of the molecule is Cc1ccc(S(=O)(=O)Oc2ccc3c(c2)O[C@@H](c2ccccc2)C[C@]32CC(C)(C)NC(=S)N2)cc1. The molecular formula is C27H28N2O4S2. The van der Waals surface area contributed by atoms with E-state index in [1.54, 1.807) is 36.4 Å². The molecule has 3 aromatic rings. The van der Waals surface area contributed by atoms with Gasteiger partial charge in [0.25, 0.3) is 0 Å². The number of rotatable bonds is 4. The lowest BCUT2D eigenvalue weighted by Gasteiger charge is -2.51. The summed E-state index contributed by atoms with van der Waals surface area (Å²) in [6.45, 7) is 6.15. The van der Waals surface area contributed by atoms with Gasteiger partial charge in [0.05, 0.1) is 5.54 Å². The molecule has 0 aromatic heterocycles. The van der Waals surface area contributed by atoms with E-state index in [4.69, 9.17) is 21.1 Å². The van der Waals surface area contributed by atoms with Gasteiger partial charge in [-0.1, -0.05) is 48.0 Å². The van der Waals surface area contributed by atoms with Gasteiger partial charge in [-0.3, -0.25) is 0 Å². The number of benzene rings is 3. The first kappa shape index (κ1) is 23.6. The molecule has 0 radical (unpaired) electrons. The van der Waals surface area contributed by atoms with Gasteiger partial charge < -0.3 is 19.6 Å². The average Bonchev–Trinajstić information content (AvgIpc) is 2.78. The molecule has 8 heteroatoms. The third kappa shape index (κ3) is 4.73. The molecule has 2 atom stereocenters. The van der Waals surface area contributed by atoms with E-state index < -0.39 is 15.7 Å². The normalized spacial score (nSPS) is 22.9. The van der Waals surface area contributed by atoms with E-state index >= 15 is 0 Å². The minimum atomic E-state index is -3.98. The van der Waals surface area contributed by atoms with Gasteiger partial charge in [-0.25, -0.2) is 0 Å². The van der Waals surface area contributed by atoms with Crippen LogP contribution in [-0.4, -0.2) is 19.1 Å². The summed E-state index contributed by atoms with van der Waals surface area (Å²) < 4.78 is 37.7. The van der Waals surface area contributed by atoms with Crippen molar-refractivity contribution in [1.29, 1.82) is 0 Å². The van der Waals surface area contributed by atoms with Crippen LogP contribution < -0.4 is 19.6 Å². The molecule has 2 aliphatic rings. The van der Waals surface area contributed by atoms with Crippen LogP contribution in [0, 0.1) is 6.92 Å². The summed E-state index contributed by atoms with van der Waals surface area (Å²) in [4.78, 5) is 0.104. The van der Waals surface area contributed by atoms with Crippen LogP contribution >= 0.6 is 12.2 Å². The highest BCUT2D eigenvalue weighted by atomic mass is 32.2. The highest BCUT2D eigenvalue weighted by Gasteiger charge is 2.49. The van der Waals surface area contributed by atoms with Crippen molar-refractivity contribution in [2.75, 3.05) is 0 Å². The fourth-order valence-electron chi connectivity index (χ4n) is 5.09. The van der Waals surface area contributed by atoms with Crippen molar-refractivity contribution in [3.05, 3.63) is 89.5 Å². The van der Waals surface area contributed by atoms with Crippen LogP contribution in [0.4, 0.5) is 0 Å². The molecule has 2 aliphatic heterocycles. The Bertz CT molecular complexity index is 1370. The highest BCUT2D eigenvalue weighted by Crippen LogP contribution is 2.50.